The zero-order chi connectivity index (χ0) is 8.53. The molecule has 3 heteroatoms. The van der Waals surface area contributed by atoms with Gasteiger partial charge in [-0.25, -0.2) is 4.98 Å². The fraction of sp³-hybridized carbons (Fsp3) is 0.125. The minimum absolute atomic E-state index is 0.583. The van der Waals surface area contributed by atoms with E-state index < -0.39 is 0 Å². The van der Waals surface area contributed by atoms with Gasteiger partial charge in [0, 0.05) is 25.1 Å². The largest absolute Gasteiger partial charge is 0.327 e. The van der Waals surface area contributed by atoms with Gasteiger partial charge in [-0.15, -0.1) is 6.58 Å². The lowest BCUT2D eigenvalue weighted by atomic mass is 10.7. The van der Waals surface area contributed by atoms with Crippen LogP contribution in [0.4, 0.5) is 0 Å². The van der Waals surface area contributed by atoms with E-state index in [0.29, 0.717) is 6.54 Å². The first-order chi connectivity index (χ1) is 5.35. The van der Waals surface area contributed by atoms with Crippen LogP contribution in [-0.4, -0.2) is 16.1 Å². The first kappa shape index (κ1) is 9.65. The van der Waals surface area contributed by atoms with Crippen LogP contribution in [0.5, 0.6) is 0 Å². The third-order valence-electron chi connectivity index (χ3n) is 0.902. The van der Waals surface area contributed by atoms with Crippen molar-refractivity contribution in [3.8, 4) is 0 Å². The minimum atomic E-state index is 0.583. The standard InChI is InChI=1S/C5H6N2.C3H7N/c1-2-7-4-3-6-5-7;1-2-3-4/h2-5H,1H2;2H,1,3-4H2. The molecule has 2 N–H and O–H groups in total. The average Bonchev–Trinajstić information content (AvgIpc) is 2.56. The number of hydrogen-bond donors (Lipinski definition) is 1. The molecule has 0 amide bonds. The summed E-state index contributed by atoms with van der Waals surface area (Å²) >= 11 is 0. The zero-order valence-corrected chi connectivity index (χ0v) is 6.48. The van der Waals surface area contributed by atoms with Crippen LogP contribution in [0.1, 0.15) is 0 Å². The van der Waals surface area contributed by atoms with Crippen LogP contribution in [-0.2, 0) is 0 Å². The smallest absolute Gasteiger partial charge is 0.0986 e. The first-order valence-corrected chi connectivity index (χ1v) is 3.26. The molecule has 0 atom stereocenters. The topological polar surface area (TPSA) is 43.8 Å². The lowest BCUT2D eigenvalue weighted by Gasteiger charge is -1.80. The van der Waals surface area contributed by atoms with E-state index in [2.05, 4.69) is 18.1 Å². The van der Waals surface area contributed by atoms with Crippen molar-refractivity contribution < 1.29 is 0 Å². The third kappa shape index (κ3) is 5.11. The second kappa shape index (κ2) is 6.77. The van der Waals surface area contributed by atoms with Crippen molar-refractivity contribution >= 4 is 6.20 Å². The van der Waals surface area contributed by atoms with E-state index in [1.807, 2.05) is 6.20 Å². The molecule has 11 heavy (non-hydrogen) atoms. The van der Waals surface area contributed by atoms with E-state index in [0.717, 1.165) is 0 Å². The summed E-state index contributed by atoms with van der Waals surface area (Å²) in [5.74, 6) is 0. The van der Waals surface area contributed by atoms with E-state index in [1.165, 1.54) is 0 Å². The third-order valence-corrected chi connectivity index (χ3v) is 0.902. The molecule has 1 aromatic rings. The van der Waals surface area contributed by atoms with Crippen LogP contribution in [0.25, 0.3) is 6.20 Å². The van der Waals surface area contributed by atoms with Gasteiger partial charge in [-0.2, -0.15) is 0 Å². The SMILES string of the molecule is C=CCN.C=Cn1ccnc1. The Hall–Kier alpha value is -1.35. The predicted octanol–water partition coefficient (Wildman–Crippen LogP) is 1.11. The molecule has 0 radical (unpaired) electrons. The maximum atomic E-state index is 4.91. The van der Waals surface area contributed by atoms with Gasteiger partial charge in [0.05, 0.1) is 6.33 Å². The van der Waals surface area contributed by atoms with Crippen LogP contribution in [0.3, 0.4) is 0 Å². The predicted molar refractivity (Wildman–Crippen MR) is 47.9 cm³/mol. The van der Waals surface area contributed by atoms with Crippen molar-refractivity contribution in [2.75, 3.05) is 6.54 Å². The Balaban J connectivity index is 0.000000218. The second-order valence-electron chi connectivity index (χ2n) is 1.72. The summed E-state index contributed by atoms with van der Waals surface area (Å²) in [6.07, 6.45) is 8.56. The van der Waals surface area contributed by atoms with Gasteiger partial charge in [-0.05, 0) is 0 Å². The number of imidazole rings is 1. The van der Waals surface area contributed by atoms with Crippen molar-refractivity contribution in [3.05, 3.63) is 38.0 Å². The fourth-order valence-corrected chi connectivity index (χ4v) is 0.377. The molecule has 0 spiro atoms. The summed E-state index contributed by atoms with van der Waals surface area (Å²) in [4.78, 5) is 3.78. The van der Waals surface area contributed by atoms with E-state index in [9.17, 15) is 0 Å². The normalized spacial score (nSPS) is 7.73. The van der Waals surface area contributed by atoms with E-state index in [4.69, 9.17) is 5.73 Å². The van der Waals surface area contributed by atoms with E-state index >= 15 is 0 Å². The van der Waals surface area contributed by atoms with Crippen molar-refractivity contribution in [1.82, 2.24) is 9.55 Å². The first-order valence-electron chi connectivity index (χ1n) is 3.26. The number of aromatic nitrogens is 2. The summed E-state index contributed by atoms with van der Waals surface area (Å²) in [5, 5.41) is 0. The Labute approximate surface area is 66.9 Å². The van der Waals surface area contributed by atoms with Gasteiger partial charge in [-0.3, -0.25) is 0 Å². The van der Waals surface area contributed by atoms with Crippen LogP contribution >= 0.6 is 0 Å². The molecule has 0 aliphatic carbocycles. The van der Waals surface area contributed by atoms with Crippen LogP contribution in [0, 0.1) is 0 Å². The monoisotopic (exact) mass is 151 g/mol. The van der Waals surface area contributed by atoms with Crippen molar-refractivity contribution in [2.24, 2.45) is 5.73 Å². The maximum absolute atomic E-state index is 4.91. The molecular formula is C8H13N3. The highest BCUT2D eigenvalue weighted by Gasteiger charge is 1.73. The summed E-state index contributed by atoms with van der Waals surface area (Å²) < 4.78 is 1.78. The molecular weight excluding hydrogens is 138 g/mol. The van der Waals surface area contributed by atoms with Gasteiger partial charge < -0.3 is 10.3 Å². The number of nitrogens with zero attached hydrogens (tertiary/aromatic N) is 2. The molecule has 0 fully saturated rings. The molecule has 1 heterocycles. The van der Waals surface area contributed by atoms with Crippen molar-refractivity contribution in [2.45, 2.75) is 0 Å². The molecule has 0 aromatic carbocycles. The highest BCUT2D eigenvalue weighted by molar-refractivity contribution is 5.14. The van der Waals surface area contributed by atoms with E-state index in [-0.39, 0.29) is 0 Å². The fourth-order valence-electron chi connectivity index (χ4n) is 0.377. The van der Waals surface area contributed by atoms with Crippen LogP contribution in [0.15, 0.2) is 38.0 Å². The second-order valence-corrected chi connectivity index (χ2v) is 1.72. The summed E-state index contributed by atoms with van der Waals surface area (Å²) in [6.45, 7) is 7.46. The lowest BCUT2D eigenvalue weighted by molar-refractivity contribution is 1.14. The van der Waals surface area contributed by atoms with Gasteiger partial charge in [0.25, 0.3) is 0 Å². The molecule has 60 valence electrons. The Morgan fingerprint density at radius 2 is 2.18 bits per heavy atom. The lowest BCUT2D eigenvalue weighted by Crippen LogP contribution is -1.90. The van der Waals surface area contributed by atoms with E-state index in [1.54, 1.807) is 29.4 Å². The Bertz CT molecular complexity index is 189. The average molecular weight is 151 g/mol. The quantitative estimate of drug-likeness (QED) is 0.643. The molecule has 0 unspecified atom stereocenters. The summed E-state index contributed by atoms with van der Waals surface area (Å²) in [5.41, 5.74) is 4.91. The molecule has 0 saturated carbocycles. The van der Waals surface area contributed by atoms with Gasteiger partial charge in [0.2, 0.25) is 0 Å². The molecule has 0 aliphatic rings. The van der Waals surface area contributed by atoms with Gasteiger partial charge in [0.15, 0.2) is 0 Å². The van der Waals surface area contributed by atoms with Gasteiger partial charge >= 0.3 is 0 Å². The number of nitrogens with two attached hydrogens (primary N) is 1. The van der Waals surface area contributed by atoms with Crippen LogP contribution in [0.2, 0.25) is 0 Å². The number of rotatable bonds is 2. The maximum Gasteiger partial charge on any atom is 0.0986 e. The Kier molecular flexibility index (Phi) is 5.94. The van der Waals surface area contributed by atoms with Gasteiger partial charge in [0.1, 0.15) is 0 Å². The minimum Gasteiger partial charge on any atom is -0.327 e. The summed E-state index contributed by atoms with van der Waals surface area (Å²) in [7, 11) is 0. The van der Waals surface area contributed by atoms with Crippen molar-refractivity contribution in [3.63, 3.8) is 0 Å². The molecule has 3 nitrogen and oxygen atoms in total. The highest BCUT2D eigenvalue weighted by Crippen LogP contribution is 1.81. The van der Waals surface area contributed by atoms with Crippen LogP contribution < -0.4 is 5.73 Å². The van der Waals surface area contributed by atoms with Crippen molar-refractivity contribution in [1.29, 1.82) is 0 Å². The Morgan fingerprint density at radius 3 is 2.36 bits per heavy atom. The zero-order valence-electron chi connectivity index (χ0n) is 6.48. The molecule has 0 aliphatic heterocycles. The summed E-state index contributed by atoms with van der Waals surface area (Å²) in [6, 6.07) is 0. The highest BCUT2D eigenvalue weighted by atomic mass is 15.0. The molecule has 0 saturated heterocycles. The number of hydrogen-bond acceptors (Lipinski definition) is 2. The molecule has 1 aromatic heterocycles. The molecule has 0 bridgehead atoms. The molecule has 1 rings (SSSR count). The Morgan fingerprint density at radius 1 is 1.55 bits per heavy atom. The van der Waals surface area contributed by atoms with Gasteiger partial charge in [-0.1, -0.05) is 12.7 Å².